The lowest BCUT2D eigenvalue weighted by Crippen LogP contribution is -2.45. The van der Waals surface area contributed by atoms with E-state index in [4.69, 9.17) is 9.47 Å². The van der Waals surface area contributed by atoms with Crippen LogP contribution in [0.4, 0.5) is 0 Å². The minimum Gasteiger partial charge on any atom is -0.493 e. The quantitative estimate of drug-likeness (QED) is 0.819. The van der Waals surface area contributed by atoms with E-state index in [2.05, 4.69) is 10.6 Å². The Bertz CT molecular complexity index is 650. The molecule has 7 nitrogen and oxygen atoms in total. The molecule has 3 rings (SSSR count). The molecular weight excluding hydrogens is 334 g/mol. The molecule has 142 valence electrons. The van der Waals surface area contributed by atoms with E-state index >= 15 is 0 Å². The number of nitrogens with zero attached hydrogens (tertiary/aromatic N) is 1. The standard InChI is InChI=1S/C19H27N3O4/c1-25-16-4-3-14(11-17(16)26-2)19(24)22-9-6-13(7-10-22)18(23)21-15-5-8-20-12-15/h3-4,11,13,15,20H,5-10,12H2,1-2H3,(H,21,23)/t15-/m1/s1. The van der Waals surface area contributed by atoms with Crippen molar-refractivity contribution in [1.82, 2.24) is 15.5 Å². The van der Waals surface area contributed by atoms with Gasteiger partial charge in [0, 0.05) is 37.2 Å². The second-order valence-corrected chi connectivity index (χ2v) is 6.83. The first kappa shape index (κ1) is 18.5. The molecule has 1 aromatic carbocycles. The molecule has 2 heterocycles. The Hall–Kier alpha value is -2.28. The molecule has 2 N–H and O–H groups in total. The van der Waals surface area contributed by atoms with E-state index in [9.17, 15) is 9.59 Å². The number of amides is 2. The second kappa shape index (κ2) is 8.40. The normalized spacial score (nSPS) is 20.7. The number of carbonyl (C=O) groups is 2. The molecule has 0 aromatic heterocycles. The zero-order valence-corrected chi connectivity index (χ0v) is 15.4. The molecule has 1 aromatic rings. The number of benzene rings is 1. The van der Waals surface area contributed by atoms with E-state index in [1.54, 1.807) is 32.4 Å². The summed E-state index contributed by atoms with van der Waals surface area (Å²) in [5, 5.41) is 6.37. The predicted molar refractivity (Wildman–Crippen MR) is 97.6 cm³/mol. The maximum atomic E-state index is 12.7. The summed E-state index contributed by atoms with van der Waals surface area (Å²) in [6.07, 6.45) is 2.39. The Balaban J connectivity index is 1.55. The fourth-order valence-electron chi connectivity index (χ4n) is 3.59. The monoisotopic (exact) mass is 361 g/mol. The molecule has 26 heavy (non-hydrogen) atoms. The third-order valence-corrected chi connectivity index (χ3v) is 5.19. The number of rotatable bonds is 5. The van der Waals surface area contributed by atoms with Gasteiger partial charge in [-0.25, -0.2) is 0 Å². The van der Waals surface area contributed by atoms with Gasteiger partial charge >= 0.3 is 0 Å². The first-order valence-electron chi connectivity index (χ1n) is 9.14. The van der Waals surface area contributed by atoms with Crippen LogP contribution in [0, 0.1) is 5.92 Å². The second-order valence-electron chi connectivity index (χ2n) is 6.83. The lowest BCUT2D eigenvalue weighted by Gasteiger charge is -2.32. The van der Waals surface area contributed by atoms with E-state index in [0.717, 1.165) is 19.5 Å². The topological polar surface area (TPSA) is 79.9 Å². The van der Waals surface area contributed by atoms with Crippen LogP contribution < -0.4 is 20.1 Å². The minimum atomic E-state index is -0.0372. The number of hydrogen-bond acceptors (Lipinski definition) is 5. The Morgan fingerprint density at radius 3 is 2.46 bits per heavy atom. The molecule has 1 atom stereocenters. The van der Waals surface area contributed by atoms with Gasteiger partial charge in [-0.05, 0) is 44.0 Å². The van der Waals surface area contributed by atoms with Crippen LogP contribution in [0.3, 0.4) is 0 Å². The van der Waals surface area contributed by atoms with Gasteiger partial charge in [0.05, 0.1) is 14.2 Å². The highest BCUT2D eigenvalue weighted by atomic mass is 16.5. The van der Waals surface area contributed by atoms with Gasteiger partial charge in [0.25, 0.3) is 5.91 Å². The van der Waals surface area contributed by atoms with E-state index in [1.807, 2.05) is 4.90 Å². The lowest BCUT2D eigenvalue weighted by molar-refractivity contribution is -0.126. The van der Waals surface area contributed by atoms with E-state index < -0.39 is 0 Å². The number of methoxy groups -OCH3 is 2. The van der Waals surface area contributed by atoms with Gasteiger partial charge in [-0.15, -0.1) is 0 Å². The maximum Gasteiger partial charge on any atom is 0.253 e. The zero-order valence-electron chi connectivity index (χ0n) is 15.4. The number of nitrogens with one attached hydrogen (secondary N) is 2. The van der Waals surface area contributed by atoms with Crippen molar-refractivity contribution in [2.24, 2.45) is 5.92 Å². The average Bonchev–Trinajstić information content (AvgIpc) is 3.20. The number of ether oxygens (including phenoxy) is 2. The molecule has 0 aliphatic carbocycles. The van der Waals surface area contributed by atoms with E-state index in [-0.39, 0.29) is 23.8 Å². The molecule has 2 amide bonds. The smallest absolute Gasteiger partial charge is 0.253 e. The summed E-state index contributed by atoms with van der Waals surface area (Å²) >= 11 is 0. The first-order chi connectivity index (χ1) is 12.6. The summed E-state index contributed by atoms with van der Waals surface area (Å²) in [5.74, 6) is 1.21. The van der Waals surface area contributed by atoms with Gasteiger partial charge in [-0.3, -0.25) is 9.59 Å². The SMILES string of the molecule is COc1ccc(C(=O)N2CCC(C(=O)N[C@@H]3CCNC3)CC2)cc1OC. The molecule has 0 bridgehead atoms. The van der Waals surface area contributed by atoms with Crippen molar-refractivity contribution in [1.29, 1.82) is 0 Å². The highest BCUT2D eigenvalue weighted by Gasteiger charge is 2.29. The van der Waals surface area contributed by atoms with Crippen LogP contribution in [-0.4, -0.2) is 63.2 Å². The third-order valence-electron chi connectivity index (χ3n) is 5.19. The van der Waals surface area contributed by atoms with Gasteiger partial charge in [-0.1, -0.05) is 0 Å². The molecule has 2 aliphatic rings. The lowest BCUT2D eigenvalue weighted by atomic mass is 9.95. The summed E-state index contributed by atoms with van der Waals surface area (Å²) in [7, 11) is 3.12. The van der Waals surface area contributed by atoms with Gasteiger partial charge in [0.1, 0.15) is 0 Å². The van der Waals surface area contributed by atoms with Crippen LogP contribution >= 0.6 is 0 Å². The number of carbonyl (C=O) groups excluding carboxylic acids is 2. The van der Waals surface area contributed by atoms with Crippen LogP contribution in [0.5, 0.6) is 11.5 Å². The summed E-state index contributed by atoms with van der Waals surface area (Å²) in [6, 6.07) is 5.43. The Morgan fingerprint density at radius 1 is 1.12 bits per heavy atom. The average molecular weight is 361 g/mol. The van der Waals surface area contributed by atoms with Gasteiger partial charge in [0.15, 0.2) is 11.5 Å². The van der Waals surface area contributed by atoms with Crippen molar-refractivity contribution in [3.05, 3.63) is 23.8 Å². The van der Waals surface area contributed by atoms with E-state index in [0.29, 0.717) is 43.0 Å². The number of likely N-dealkylation sites (tertiary alicyclic amines) is 1. The molecule has 0 saturated carbocycles. The molecule has 7 heteroatoms. The molecule has 2 aliphatic heterocycles. The van der Waals surface area contributed by atoms with Crippen LogP contribution in [0.15, 0.2) is 18.2 Å². The largest absolute Gasteiger partial charge is 0.493 e. The predicted octanol–water partition coefficient (Wildman–Crippen LogP) is 1.03. The Labute approximate surface area is 154 Å². The Kier molecular flexibility index (Phi) is 5.98. The molecule has 2 saturated heterocycles. The van der Waals surface area contributed by atoms with E-state index in [1.165, 1.54) is 0 Å². The van der Waals surface area contributed by atoms with Crippen LogP contribution in [0.1, 0.15) is 29.6 Å². The fourth-order valence-corrected chi connectivity index (χ4v) is 3.59. The van der Waals surface area contributed by atoms with Gasteiger partial charge in [-0.2, -0.15) is 0 Å². The highest BCUT2D eigenvalue weighted by molar-refractivity contribution is 5.95. The van der Waals surface area contributed by atoms with Gasteiger partial charge in [0.2, 0.25) is 5.91 Å². The number of hydrogen-bond donors (Lipinski definition) is 2. The molecule has 0 spiro atoms. The van der Waals surface area contributed by atoms with Crippen molar-refractivity contribution in [2.45, 2.75) is 25.3 Å². The zero-order chi connectivity index (χ0) is 18.5. The van der Waals surface area contributed by atoms with Gasteiger partial charge < -0.3 is 25.0 Å². The highest BCUT2D eigenvalue weighted by Crippen LogP contribution is 2.29. The molecular formula is C19H27N3O4. The van der Waals surface area contributed by atoms with Crippen LogP contribution in [0.2, 0.25) is 0 Å². The van der Waals surface area contributed by atoms with Crippen molar-refractivity contribution >= 4 is 11.8 Å². The summed E-state index contributed by atoms with van der Waals surface area (Å²) in [5.41, 5.74) is 0.572. The first-order valence-corrected chi connectivity index (χ1v) is 9.14. The maximum absolute atomic E-state index is 12.7. The van der Waals surface area contributed by atoms with Crippen molar-refractivity contribution in [2.75, 3.05) is 40.4 Å². The summed E-state index contributed by atoms with van der Waals surface area (Å²) in [4.78, 5) is 26.9. The third kappa shape index (κ3) is 4.09. The number of piperidine rings is 1. The molecule has 2 fully saturated rings. The van der Waals surface area contributed by atoms with Crippen molar-refractivity contribution in [3.8, 4) is 11.5 Å². The molecule has 0 unspecified atom stereocenters. The van der Waals surface area contributed by atoms with Crippen LogP contribution in [0.25, 0.3) is 0 Å². The summed E-state index contributed by atoms with van der Waals surface area (Å²) < 4.78 is 10.5. The molecule has 0 radical (unpaired) electrons. The Morgan fingerprint density at radius 2 is 1.85 bits per heavy atom. The van der Waals surface area contributed by atoms with Crippen LogP contribution in [-0.2, 0) is 4.79 Å². The fraction of sp³-hybridized carbons (Fsp3) is 0.579. The summed E-state index contributed by atoms with van der Waals surface area (Å²) in [6.45, 7) is 2.99. The van der Waals surface area contributed by atoms with Crippen molar-refractivity contribution < 1.29 is 19.1 Å². The van der Waals surface area contributed by atoms with Crippen molar-refractivity contribution in [3.63, 3.8) is 0 Å². The minimum absolute atomic E-state index is 0.00921.